The number of hydrogen-bond donors (Lipinski definition) is 3. The van der Waals surface area contributed by atoms with Crippen LogP contribution in [-0.4, -0.2) is 32.8 Å². The van der Waals surface area contributed by atoms with Gasteiger partial charge in [-0.05, 0) is 6.42 Å². The normalized spacial score (nSPS) is 10.7. The second-order valence-corrected chi connectivity index (χ2v) is 4.45. The van der Waals surface area contributed by atoms with Gasteiger partial charge in [-0.15, -0.1) is 0 Å². The van der Waals surface area contributed by atoms with Crippen LogP contribution in [0.5, 0.6) is 0 Å². The quantitative estimate of drug-likeness (QED) is 0.711. The molecule has 2 rings (SSSR count). The molecule has 2 aromatic rings. The minimum atomic E-state index is -0.304. The van der Waals surface area contributed by atoms with E-state index in [2.05, 4.69) is 25.7 Å². The zero-order chi connectivity index (χ0) is 14.5. The lowest BCUT2D eigenvalue weighted by Crippen LogP contribution is -2.27. The molecule has 8 nitrogen and oxygen atoms in total. The van der Waals surface area contributed by atoms with Crippen LogP contribution in [0.3, 0.4) is 0 Å². The number of anilines is 1. The molecule has 20 heavy (non-hydrogen) atoms. The molecule has 0 aliphatic rings. The van der Waals surface area contributed by atoms with Crippen molar-refractivity contribution in [3.8, 4) is 0 Å². The molecule has 2 aromatic heterocycles. The molecule has 108 valence electrons. The Morgan fingerprint density at radius 1 is 1.45 bits per heavy atom. The predicted octanol–water partition coefficient (Wildman–Crippen LogP) is 0.608. The molecule has 0 fully saturated rings. The fourth-order valence-electron chi connectivity index (χ4n) is 1.81. The molecule has 0 aromatic carbocycles. The molecule has 2 heterocycles. The van der Waals surface area contributed by atoms with Crippen LogP contribution >= 0.6 is 0 Å². The lowest BCUT2D eigenvalue weighted by Gasteiger charge is -2.02. The number of carbonyl (C=O) groups excluding carboxylic acids is 1. The number of aryl methyl sites for hydroxylation is 2. The lowest BCUT2D eigenvalue weighted by molar-refractivity contribution is 0.0950. The highest BCUT2D eigenvalue weighted by atomic mass is 16.5. The average molecular weight is 278 g/mol. The summed E-state index contributed by atoms with van der Waals surface area (Å²) in [4.78, 5) is 16.0. The Morgan fingerprint density at radius 3 is 2.90 bits per heavy atom. The first-order chi connectivity index (χ1) is 9.61. The Morgan fingerprint density at radius 2 is 2.25 bits per heavy atom. The van der Waals surface area contributed by atoms with Crippen LogP contribution in [0.15, 0.2) is 4.52 Å². The molecule has 0 unspecified atom stereocenters. The van der Waals surface area contributed by atoms with Gasteiger partial charge < -0.3 is 15.6 Å². The topological polar surface area (TPSA) is 123 Å². The van der Waals surface area contributed by atoms with E-state index in [4.69, 9.17) is 10.3 Å². The van der Waals surface area contributed by atoms with Gasteiger partial charge in [-0.3, -0.25) is 9.89 Å². The van der Waals surface area contributed by atoms with E-state index >= 15 is 0 Å². The van der Waals surface area contributed by atoms with E-state index in [1.165, 1.54) is 0 Å². The van der Waals surface area contributed by atoms with Crippen molar-refractivity contribution in [3.05, 3.63) is 23.1 Å². The van der Waals surface area contributed by atoms with Gasteiger partial charge in [-0.25, -0.2) is 0 Å². The molecule has 0 atom stereocenters. The summed E-state index contributed by atoms with van der Waals surface area (Å²) in [6.45, 7) is 4.15. The number of rotatable bonds is 6. The fourth-order valence-corrected chi connectivity index (χ4v) is 1.81. The molecule has 0 spiro atoms. The predicted molar refractivity (Wildman–Crippen MR) is 72.1 cm³/mol. The second kappa shape index (κ2) is 6.18. The van der Waals surface area contributed by atoms with Gasteiger partial charge in [0.05, 0.1) is 11.4 Å². The van der Waals surface area contributed by atoms with Gasteiger partial charge in [-0.2, -0.15) is 10.1 Å². The summed E-state index contributed by atoms with van der Waals surface area (Å²) in [5.74, 6) is 0.762. The molecule has 0 saturated carbocycles. The zero-order valence-electron chi connectivity index (χ0n) is 11.6. The van der Waals surface area contributed by atoms with E-state index in [1.54, 1.807) is 6.92 Å². The number of aromatic nitrogens is 4. The van der Waals surface area contributed by atoms with Gasteiger partial charge in [0, 0.05) is 19.9 Å². The monoisotopic (exact) mass is 278 g/mol. The maximum Gasteiger partial charge on any atom is 0.273 e. The number of aromatic amines is 1. The Kier molecular flexibility index (Phi) is 4.34. The summed E-state index contributed by atoms with van der Waals surface area (Å²) in [7, 11) is 0. The first-order valence-corrected chi connectivity index (χ1v) is 6.52. The maximum absolute atomic E-state index is 11.9. The standard InChI is InChI=1S/C12H18N6O2/c1-3-4-8-10(13)11(17-16-8)12(19)14-6-5-9-15-7(2)20-18-9/h3-6,13H2,1-2H3,(H,14,19)(H,16,17). The summed E-state index contributed by atoms with van der Waals surface area (Å²) in [5, 5.41) is 13.2. The third-order valence-corrected chi connectivity index (χ3v) is 2.80. The van der Waals surface area contributed by atoms with Crippen LogP contribution in [-0.2, 0) is 12.8 Å². The number of hydrogen-bond acceptors (Lipinski definition) is 6. The molecule has 0 aliphatic carbocycles. The first kappa shape index (κ1) is 14.0. The van der Waals surface area contributed by atoms with E-state index in [0.29, 0.717) is 30.4 Å². The highest BCUT2D eigenvalue weighted by Crippen LogP contribution is 2.15. The van der Waals surface area contributed by atoms with E-state index in [0.717, 1.165) is 18.5 Å². The highest BCUT2D eigenvalue weighted by molar-refractivity contribution is 5.97. The summed E-state index contributed by atoms with van der Waals surface area (Å²) in [5.41, 5.74) is 7.33. The summed E-state index contributed by atoms with van der Waals surface area (Å²) in [6, 6.07) is 0. The van der Waals surface area contributed by atoms with E-state index in [9.17, 15) is 4.79 Å². The van der Waals surface area contributed by atoms with Crippen molar-refractivity contribution in [1.82, 2.24) is 25.7 Å². The second-order valence-electron chi connectivity index (χ2n) is 4.45. The fraction of sp³-hybridized carbons (Fsp3) is 0.500. The number of carbonyl (C=O) groups is 1. The molecule has 8 heteroatoms. The largest absolute Gasteiger partial charge is 0.395 e. The Bertz CT molecular complexity index is 589. The number of nitrogens with one attached hydrogen (secondary N) is 2. The van der Waals surface area contributed by atoms with Crippen molar-refractivity contribution in [3.63, 3.8) is 0 Å². The zero-order valence-corrected chi connectivity index (χ0v) is 11.6. The van der Waals surface area contributed by atoms with Gasteiger partial charge in [0.25, 0.3) is 5.91 Å². The van der Waals surface area contributed by atoms with Crippen LogP contribution in [0, 0.1) is 6.92 Å². The number of nitrogen functional groups attached to an aromatic ring is 1. The van der Waals surface area contributed by atoms with E-state index in [-0.39, 0.29) is 11.6 Å². The maximum atomic E-state index is 11.9. The smallest absolute Gasteiger partial charge is 0.273 e. The van der Waals surface area contributed by atoms with Crippen molar-refractivity contribution < 1.29 is 9.32 Å². The van der Waals surface area contributed by atoms with Crippen molar-refractivity contribution in [2.75, 3.05) is 12.3 Å². The number of nitrogens with two attached hydrogens (primary N) is 1. The van der Waals surface area contributed by atoms with Crippen molar-refractivity contribution >= 4 is 11.6 Å². The van der Waals surface area contributed by atoms with Gasteiger partial charge in [0.2, 0.25) is 5.89 Å². The molecular formula is C12H18N6O2. The van der Waals surface area contributed by atoms with Crippen molar-refractivity contribution in [2.45, 2.75) is 33.1 Å². The van der Waals surface area contributed by atoms with Crippen LogP contribution < -0.4 is 11.1 Å². The molecule has 0 radical (unpaired) electrons. The number of H-pyrrole nitrogens is 1. The number of amides is 1. The average Bonchev–Trinajstić information content (AvgIpc) is 2.98. The molecule has 0 saturated heterocycles. The molecule has 0 aliphatic heterocycles. The lowest BCUT2D eigenvalue weighted by atomic mass is 10.2. The Balaban J connectivity index is 1.88. The molecular weight excluding hydrogens is 260 g/mol. The summed E-state index contributed by atoms with van der Waals surface area (Å²) >= 11 is 0. The Labute approximate surface area is 116 Å². The first-order valence-electron chi connectivity index (χ1n) is 6.52. The summed E-state index contributed by atoms with van der Waals surface area (Å²) in [6.07, 6.45) is 2.20. The third kappa shape index (κ3) is 3.14. The minimum absolute atomic E-state index is 0.234. The van der Waals surface area contributed by atoms with E-state index in [1.807, 2.05) is 6.92 Å². The third-order valence-electron chi connectivity index (χ3n) is 2.80. The summed E-state index contributed by atoms with van der Waals surface area (Å²) < 4.78 is 4.84. The van der Waals surface area contributed by atoms with Crippen LogP contribution in [0.4, 0.5) is 5.69 Å². The van der Waals surface area contributed by atoms with Crippen molar-refractivity contribution in [2.24, 2.45) is 0 Å². The molecule has 4 N–H and O–H groups in total. The number of nitrogens with zero attached hydrogens (tertiary/aromatic N) is 3. The molecule has 0 bridgehead atoms. The van der Waals surface area contributed by atoms with Gasteiger partial charge in [0.15, 0.2) is 11.5 Å². The van der Waals surface area contributed by atoms with Crippen LogP contribution in [0.2, 0.25) is 0 Å². The van der Waals surface area contributed by atoms with E-state index < -0.39 is 0 Å². The van der Waals surface area contributed by atoms with Gasteiger partial charge >= 0.3 is 0 Å². The van der Waals surface area contributed by atoms with Crippen LogP contribution in [0.25, 0.3) is 0 Å². The van der Waals surface area contributed by atoms with Gasteiger partial charge in [-0.1, -0.05) is 18.5 Å². The van der Waals surface area contributed by atoms with Crippen molar-refractivity contribution in [1.29, 1.82) is 0 Å². The van der Waals surface area contributed by atoms with Crippen LogP contribution in [0.1, 0.15) is 41.2 Å². The molecule has 1 amide bonds. The van der Waals surface area contributed by atoms with Gasteiger partial charge in [0.1, 0.15) is 0 Å². The Hall–Kier alpha value is -2.38. The minimum Gasteiger partial charge on any atom is -0.395 e. The highest BCUT2D eigenvalue weighted by Gasteiger charge is 2.16. The SMILES string of the molecule is CCCc1[nH]nc(C(=O)NCCc2noc(C)n2)c1N.